The Labute approximate surface area is 131 Å². The predicted molar refractivity (Wildman–Crippen MR) is 89.7 cm³/mol. The van der Waals surface area contributed by atoms with Gasteiger partial charge in [0, 0.05) is 31.2 Å². The average molecular weight is 296 g/mol. The minimum Gasteiger partial charge on any atom is -0.375 e. The molecule has 124 valence electrons. The lowest BCUT2D eigenvalue weighted by molar-refractivity contribution is -0.0439. The van der Waals surface area contributed by atoms with Gasteiger partial charge in [-0.1, -0.05) is 20.3 Å². The summed E-state index contributed by atoms with van der Waals surface area (Å²) in [6.07, 6.45) is 4.07. The fourth-order valence-corrected chi connectivity index (χ4v) is 3.54. The van der Waals surface area contributed by atoms with Crippen molar-refractivity contribution in [1.82, 2.24) is 10.2 Å². The third-order valence-corrected chi connectivity index (χ3v) is 5.55. The van der Waals surface area contributed by atoms with E-state index in [1.165, 1.54) is 25.8 Å². The van der Waals surface area contributed by atoms with Gasteiger partial charge in [-0.15, -0.1) is 0 Å². The van der Waals surface area contributed by atoms with Crippen LogP contribution in [-0.2, 0) is 4.74 Å². The summed E-state index contributed by atoms with van der Waals surface area (Å²) < 4.78 is 5.99. The van der Waals surface area contributed by atoms with E-state index < -0.39 is 0 Å². The first kappa shape index (κ1) is 17.2. The lowest BCUT2D eigenvalue weighted by Gasteiger charge is -2.50. The van der Waals surface area contributed by atoms with Gasteiger partial charge < -0.3 is 10.1 Å². The average Bonchev–Trinajstić information content (AvgIpc) is 3.23. The van der Waals surface area contributed by atoms with Gasteiger partial charge in [0.05, 0.1) is 12.2 Å². The summed E-state index contributed by atoms with van der Waals surface area (Å²) in [4.78, 5) is 2.73. The van der Waals surface area contributed by atoms with Crippen LogP contribution in [0.3, 0.4) is 0 Å². The molecule has 2 rings (SSSR count). The Hall–Kier alpha value is -0.120. The van der Waals surface area contributed by atoms with Gasteiger partial charge in [0.15, 0.2) is 0 Å². The molecule has 3 atom stereocenters. The maximum absolute atomic E-state index is 5.99. The van der Waals surface area contributed by atoms with Crippen LogP contribution in [0, 0.1) is 11.8 Å². The summed E-state index contributed by atoms with van der Waals surface area (Å²) in [5.74, 6) is 1.64. The van der Waals surface area contributed by atoms with Crippen LogP contribution >= 0.6 is 0 Å². The second-order valence-electron chi connectivity index (χ2n) is 8.41. The largest absolute Gasteiger partial charge is 0.375 e. The van der Waals surface area contributed by atoms with E-state index in [0.717, 1.165) is 31.5 Å². The van der Waals surface area contributed by atoms with Gasteiger partial charge in [-0.25, -0.2) is 0 Å². The summed E-state index contributed by atoms with van der Waals surface area (Å²) in [5.41, 5.74) is 0.311. The molecule has 1 N–H and O–H groups in total. The molecule has 1 saturated heterocycles. The topological polar surface area (TPSA) is 24.5 Å². The van der Waals surface area contributed by atoms with Crippen LogP contribution in [0.5, 0.6) is 0 Å². The molecule has 0 aromatic heterocycles. The van der Waals surface area contributed by atoms with Crippen molar-refractivity contribution < 1.29 is 4.74 Å². The summed E-state index contributed by atoms with van der Waals surface area (Å²) in [6, 6.07) is 0.636. The highest BCUT2D eigenvalue weighted by atomic mass is 16.5. The first-order chi connectivity index (χ1) is 9.76. The zero-order valence-electron chi connectivity index (χ0n) is 15.0. The Morgan fingerprint density at radius 1 is 1.33 bits per heavy atom. The molecule has 1 aliphatic carbocycles. The Morgan fingerprint density at radius 3 is 2.52 bits per heavy atom. The minimum absolute atomic E-state index is 0.0276. The van der Waals surface area contributed by atoms with Crippen LogP contribution in [0.25, 0.3) is 0 Å². The van der Waals surface area contributed by atoms with Crippen LogP contribution in [-0.4, -0.2) is 48.3 Å². The zero-order valence-corrected chi connectivity index (χ0v) is 15.0. The summed E-state index contributed by atoms with van der Waals surface area (Å²) in [6.45, 7) is 17.8. The van der Waals surface area contributed by atoms with Gasteiger partial charge in [-0.2, -0.15) is 0 Å². The van der Waals surface area contributed by atoms with Crippen LogP contribution in [0.2, 0.25) is 0 Å². The number of hydrogen-bond acceptors (Lipinski definition) is 3. The van der Waals surface area contributed by atoms with Crippen molar-refractivity contribution in [2.45, 2.75) is 78.0 Å². The van der Waals surface area contributed by atoms with Crippen molar-refractivity contribution in [1.29, 1.82) is 0 Å². The lowest BCUT2D eigenvalue weighted by atomic mass is 9.86. The molecular weight excluding hydrogens is 260 g/mol. The van der Waals surface area contributed by atoms with Crippen LogP contribution in [0.15, 0.2) is 0 Å². The van der Waals surface area contributed by atoms with E-state index in [1.54, 1.807) is 0 Å². The number of hydrogen-bond donors (Lipinski definition) is 1. The fourth-order valence-electron chi connectivity index (χ4n) is 3.54. The Balaban J connectivity index is 1.96. The van der Waals surface area contributed by atoms with Crippen molar-refractivity contribution in [2.75, 3.05) is 26.2 Å². The van der Waals surface area contributed by atoms with Gasteiger partial charge in [-0.3, -0.25) is 4.90 Å². The van der Waals surface area contributed by atoms with Crippen LogP contribution < -0.4 is 5.32 Å². The van der Waals surface area contributed by atoms with Gasteiger partial charge >= 0.3 is 0 Å². The zero-order chi connectivity index (χ0) is 15.7. The van der Waals surface area contributed by atoms with Gasteiger partial charge in [0.25, 0.3) is 0 Å². The third-order valence-electron chi connectivity index (χ3n) is 5.55. The molecular formula is C18H36N2O. The number of nitrogens with zero attached hydrogens (tertiary/aromatic N) is 1. The number of nitrogens with one attached hydrogen (secondary N) is 1. The molecule has 2 aliphatic rings. The van der Waals surface area contributed by atoms with E-state index in [0.29, 0.717) is 11.6 Å². The molecule has 0 amide bonds. The van der Waals surface area contributed by atoms with Crippen molar-refractivity contribution in [3.8, 4) is 0 Å². The first-order valence-electron chi connectivity index (χ1n) is 8.88. The molecule has 1 heterocycles. The first-order valence-corrected chi connectivity index (χ1v) is 8.88. The highest BCUT2D eigenvalue weighted by molar-refractivity contribution is 5.05. The normalized spacial score (nSPS) is 33.1. The van der Waals surface area contributed by atoms with Crippen molar-refractivity contribution >= 4 is 0 Å². The van der Waals surface area contributed by atoms with Crippen molar-refractivity contribution in [2.24, 2.45) is 11.8 Å². The van der Waals surface area contributed by atoms with E-state index in [1.807, 2.05) is 0 Å². The Kier molecular flexibility index (Phi) is 5.38. The Morgan fingerprint density at radius 2 is 2.00 bits per heavy atom. The van der Waals surface area contributed by atoms with Crippen molar-refractivity contribution in [3.05, 3.63) is 0 Å². The monoisotopic (exact) mass is 296 g/mol. The third kappa shape index (κ3) is 4.43. The molecule has 0 aromatic rings. The SMILES string of the molecule is CCC(C)C1CN(CCOC(C)(C)C)C(C)(C2CC2)CN1. The van der Waals surface area contributed by atoms with E-state index in [9.17, 15) is 0 Å². The van der Waals surface area contributed by atoms with Gasteiger partial charge in [0.2, 0.25) is 0 Å². The Bertz CT molecular complexity index is 335. The molecule has 3 nitrogen and oxygen atoms in total. The summed E-state index contributed by atoms with van der Waals surface area (Å²) >= 11 is 0. The number of piperazine rings is 1. The molecule has 1 aliphatic heterocycles. The lowest BCUT2D eigenvalue weighted by Crippen LogP contribution is -2.66. The molecule has 0 aromatic carbocycles. The van der Waals surface area contributed by atoms with E-state index >= 15 is 0 Å². The van der Waals surface area contributed by atoms with E-state index in [-0.39, 0.29) is 5.60 Å². The minimum atomic E-state index is -0.0276. The maximum Gasteiger partial charge on any atom is 0.0600 e. The summed E-state index contributed by atoms with van der Waals surface area (Å²) in [5, 5.41) is 3.84. The number of rotatable bonds is 6. The second-order valence-corrected chi connectivity index (χ2v) is 8.41. The van der Waals surface area contributed by atoms with E-state index in [2.05, 4.69) is 51.8 Å². The highest BCUT2D eigenvalue weighted by Gasteiger charge is 2.48. The molecule has 21 heavy (non-hydrogen) atoms. The van der Waals surface area contributed by atoms with Gasteiger partial charge in [-0.05, 0) is 52.4 Å². The summed E-state index contributed by atoms with van der Waals surface area (Å²) in [7, 11) is 0. The molecule has 0 radical (unpaired) electrons. The molecule has 0 spiro atoms. The quantitative estimate of drug-likeness (QED) is 0.814. The number of ether oxygens (including phenoxy) is 1. The standard InChI is InChI=1S/C18H36N2O/c1-7-14(2)16-12-20(10-11-21-17(3,4)5)18(6,13-19-16)15-8-9-15/h14-16,19H,7-13H2,1-6H3. The smallest absolute Gasteiger partial charge is 0.0600 e. The predicted octanol–water partition coefficient (Wildman–Crippen LogP) is 3.29. The van der Waals surface area contributed by atoms with Crippen molar-refractivity contribution in [3.63, 3.8) is 0 Å². The molecule has 3 heteroatoms. The second kappa shape index (κ2) is 6.55. The molecule has 3 unspecified atom stereocenters. The highest BCUT2D eigenvalue weighted by Crippen LogP contribution is 2.44. The van der Waals surface area contributed by atoms with Crippen LogP contribution in [0.4, 0.5) is 0 Å². The molecule has 0 bridgehead atoms. The van der Waals surface area contributed by atoms with E-state index in [4.69, 9.17) is 4.74 Å². The fraction of sp³-hybridized carbons (Fsp3) is 1.00. The van der Waals surface area contributed by atoms with Gasteiger partial charge in [0.1, 0.15) is 0 Å². The van der Waals surface area contributed by atoms with Crippen LogP contribution in [0.1, 0.15) is 60.8 Å². The maximum atomic E-state index is 5.99. The molecule has 2 fully saturated rings. The molecule has 1 saturated carbocycles.